The van der Waals surface area contributed by atoms with Crippen LogP contribution in [0.25, 0.3) is 0 Å². The number of nitrogens with zero attached hydrogens (tertiary/aromatic N) is 1. The fourth-order valence-corrected chi connectivity index (χ4v) is 10.5. The minimum atomic E-state index is -0.0891. The molecule has 4 aliphatic rings. The van der Waals surface area contributed by atoms with E-state index in [1.165, 1.54) is 31.3 Å². The Morgan fingerprint density at radius 1 is 0.804 bits per heavy atom. The maximum absolute atomic E-state index is 12.9. The molecule has 6 atom stereocenters. The van der Waals surface area contributed by atoms with Crippen LogP contribution in [0.1, 0.15) is 182 Å². The molecule has 7 nitrogen and oxygen atoms in total. The third kappa shape index (κ3) is 11.9. The molecular weight excluding hydrogens is 638 g/mol. The molecule has 0 spiro atoms. The minimum absolute atomic E-state index is 0.00745. The van der Waals surface area contributed by atoms with Crippen LogP contribution in [-0.4, -0.2) is 66.2 Å². The van der Waals surface area contributed by atoms with Crippen molar-refractivity contribution >= 4 is 17.7 Å². The normalized spacial score (nSPS) is 28.7. The zero-order chi connectivity index (χ0) is 36.7. The first-order chi connectivity index (χ1) is 24.6. The smallest absolute Gasteiger partial charge is 0.306 e. The molecule has 51 heavy (non-hydrogen) atoms. The van der Waals surface area contributed by atoms with Gasteiger partial charge in [-0.15, -0.1) is 0 Å². The van der Waals surface area contributed by atoms with Gasteiger partial charge in [-0.25, -0.2) is 0 Å². The number of aliphatic hydroxyl groups excluding tert-OH is 1. The molecule has 0 aliphatic heterocycles. The average Bonchev–Trinajstić information content (AvgIpc) is 3.42. The fourth-order valence-electron chi connectivity index (χ4n) is 10.5. The number of hydrogen-bond donors (Lipinski definition) is 1. The largest absolute Gasteiger partial charge is 0.462 e. The number of hydrogen-bond acceptors (Lipinski definition) is 7. The van der Waals surface area contributed by atoms with E-state index in [1.54, 1.807) is 0 Å². The molecule has 0 aromatic carbocycles. The van der Waals surface area contributed by atoms with Gasteiger partial charge in [-0.3, -0.25) is 14.4 Å². The van der Waals surface area contributed by atoms with Gasteiger partial charge in [-0.2, -0.15) is 0 Å². The molecule has 0 bridgehead atoms. The molecule has 7 heteroatoms. The second-order valence-corrected chi connectivity index (χ2v) is 17.3. The quantitative estimate of drug-likeness (QED) is 0.0605. The molecule has 3 saturated carbocycles. The first-order valence-electron chi connectivity index (χ1n) is 21.6. The van der Waals surface area contributed by atoms with E-state index >= 15 is 0 Å². The van der Waals surface area contributed by atoms with Gasteiger partial charge < -0.3 is 19.5 Å². The summed E-state index contributed by atoms with van der Waals surface area (Å²) in [7, 11) is 0. The molecular formula is C44H75NO6. The van der Waals surface area contributed by atoms with E-state index in [4.69, 9.17) is 9.47 Å². The Labute approximate surface area is 311 Å². The number of ether oxygens (including phenoxy) is 2. The first kappa shape index (κ1) is 42.0. The van der Waals surface area contributed by atoms with Gasteiger partial charge in [0.05, 0.1) is 0 Å². The molecule has 0 heterocycles. The van der Waals surface area contributed by atoms with Gasteiger partial charge in [-0.1, -0.05) is 71.4 Å². The van der Waals surface area contributed by atoms with Gasteiger partial charge >= 0.3 is 11.9 Å². The van der Waals surface area contributed by atoms with Crippen LogP contribution < -0.4 is 0 Å². The molecule has 0 aromatic heterocycles. The SMILES string of the molecule is CCCCCC(CCCCC)OC(=O)CCCN(CCCCO)CCCCCC(=O)OC1CCC2(C)C(=CCC3C4CCC(=O)C4(C)CCC32)C1. The number of carbonyl (C=O) groups excluding carboxylic acids is 3. The summed E-state index contributed by atoms with van der Waals surface area (Å²) < 4.78 is 12.0. The van der Waals surface area contributed by atoms with E-state index < -0.39 is 0 Å². The second kappa shape index (κ2) is 21.2. The number of carbonyl (C=O) groups is 3. The summed E-state index contributed by atoms with van der Waals surface area (Å²) >= 11 is 0. The third-order valence-corrected chi connectivity index (χ3v) is 13.7. The van der Waals surface area contributed by atoms with Crippen LogP contribution >= 0.6 is 0 Å². The third-order valence-electron chi connectivity index (χ3n) is 13.7. The number of esters is 2. The van der Waals surface area contributed by atoms with E-state index in [0.29, 0.717) is 36.4 Å². The highest BCUT2D eigenvalue weighted by atomic mass is 16.5. The lowest BCUT2D eigenvalue weighted by Gasteiger charge is -2.56. The van der Waals surface area contributed by atoms with Crippen LogP contribution in [0.5, 0.6) is 0 Å². The van der Waals surface area contributed by atoms with Crippen LogP contribution in [-0.2, 0) is 23.9 Å². The monoisotopic (exact) mass is 714 g/mol. The van der Waals surface area contributed by atoms with Crippen molar-refractivity contribution in [2.24, 2.45) is 28.6 Å². The standard InChI is InChI=1S/C44H75NO6/c1-5-7-10-17-35(18-11-8-6-2)50-42(49)20-16-31-45(30-14-15-32-46)29-13-9-12-19-41(48)51-36-25-27-43(3)34(33-36)21-22-37-38-23-24-40(47)44(38,4)28-26-39(37)43/h21,35-39,46H,5-20,22-33H2,1-4H3. The average molecular weight is 714 g/mol. The van der Waals surface area contributed by atoms with E-state index in [-0.39, 0.29) is 41.6 Å². The van der Waals surface area contributed by atoms with Gasteiger partial charge in [0.25, 0.3) is 0 Å². The number of ketones is 1. The summed E-state index contributed by atoms with van der Waals surface area (Å²) in [4.78, 5) is 40.8. The van der Waals surface area contributed by atoms with E-state index in [1.807, 2.05) is 0 Å². The Morgan fingerprint density at radius 3 is 2.16 bits per heavy atom. The summed E-state index contributed by atoms with van der Waals surface area (Å²) in [5, 5.41) is 9.31. The minimum Gasteiger partial charge on any atom is -0.462 e. The number of Topliss-reactive ketones (excluding diaryl/α,β-unsaturated/α-hetero) is 1. The van der Waals surface area contributed by atoms with Crippen molar-refractivity contribution in [2.75, 3.05) is 26.2 Å². The molecule has 6 unspecified atom stereocenters. The number of fused-ring (bicyclic) bond motifs is 5. The summed E-state index contributed by atoms with van der Waals surface area (Å²) in [5.74, 6) is 2.22. The van der Waals surface area contributed by atoms with Gasteiger partial charge in [0.2, 0.25) is 0 Å². The number of rotatable bonds is 24. The highest BCUT2D eigenvalue weighted by Gasteiger charge is 2.58. The lowest BCUT2D eigenvalue weighted by atomic mass is 9.48. The van der Waals surface area contributed by atoms with E-state index in [2.05, 4.69) is 38.7 Å². The molecule has 4 aliphatic carbocycles. The fraction of sp³-hybridized carbons (Fsp3) is 0.886. The number of aliphatic hydroxyl groups is 1. The van der Waals surface area contributed by atoms with Gasteiger partial charge in [0, 0.05) is 37.7 Å². The Bertz CT molecular complexity index is 1110. The Hall–Kier alpha value is -1.73. The van der Waals surface area contributed by atoms with Crippen LogP contribution in [0.4, 0.5) is 0 Å². The number of allylic oxidation sites excluding steroid dienone is 1. The van der Waals surface area contributed by atoms with Gasteiger partial charge in [0.15, 0.2) is 0 Å². The maximum atomic E-state index is 12.9. The van der Waals surface area contributed by atoms with Crippen molar-refractivity contribution in [3.63, 3.8) is 0 Å². The summed E-state index contributed by atoms with van der Waals surface area (Å²) in [6.45, 7) is 12.1. The van der Waals surface area contributed by atoms with Crippen molar-refractivity contribution < 1.29 is 29.0 Å². The highest BCUT2D eigenvalue weighted by molar-refractivity contribution is 5.87. The van der Waals surface area contributed by atoms with Crippen molar-refractivity contribution in [3.05, 3.63) is 11.6 Å². The van der Waals surface area contributed by atoms with Crippen LogP contribution in [0, 0.1) is 28.6 Å². The molecule has 0 amide bonds. The zero-order valence-electron chi connectivity index (χ0n) is 33.2. The molecule has 0 saturated heterocycles. The predicted molar refractivity (Wildman–Crippen MR) is 205 cm³/mol. The maximum Gasteiger partial charge on any atom is 0.306 e. The summed E-state index contributed by atoms with van der Waals surface area (Å²) in [6, 6.07) is 0. The molecule has 292 valence electrons. The van der Waals surface area contributed by atoms with Crippen LogP contribution in [0.2, 0.25) is 0 Å². The van der Waals surface area contributed by atoms with Crippen molar-refractivity contribution in [1.29, 1.82) is 0 Å². The van der Waals surface area contributed by atoms with Gasteiger partial charge in [0.1, 0.15) is 18.0 Å². The topological polar surface area (TPSA) is 93.1 Å². The van der Waals surface area contributed by atoms with Crippen LogP contribution in [0.15, 0.2) is 11.6 Å². The van der Waals surface area contributed by atoms with Crippen molar-refractivity contribution in [2.45, 2.75) is 194 Å². The lowest BCUT2D eigenvalue weighted by Crippen LogP contribution is -2.50. The number of unbranched alkanes of at least 4 members (excludes halogenated alkanes) is 7. The highest BCUT2D eigenvalue weighted by Crippen LogP contribution is 2.64. The summed E-state index contributed by atoms with van der Waals surface area (Å²) in [6.07, 6.45) is 25.8. The second-order valence-electron chi connectivity index (χ2n) is 17.3. The van der Waals surface area contributed by atoms with Gasteiger partial charge in [-0.05, 0) is 139 Å². The Balaban J connectivity index is 1.13. The first-order valence-corrected chi connectivity index (χ1v) is 21.6. The molecule has 4 rings (SSSR count). The van der Waals surface area contributed by atoms with Crippen LogP contribution in [0.3, 0.4) is 0 Å². The van der Waals surface area contributed by atoms with E-state index in [9.17, 15) is 19.5 Å². The Morgan fingerprint density at radius 2 is 1.45 bits per heavy atom. The summed E-state index contributed by atoms with van der Waals surface area (Å²) in [5.41, 5.74) is 1.61. The lowest BCUT2D eigenvalue weighted by molar-refractivity contribution is -0.152. The Kier molecular flexibility index (Phi) is 17.5. The van der Waals surface area contributed by atoms with E-state index in [0.717, 1.165) is 135 Å². The molecule has 0 radical (unpaired) electrons. The molecule has 0 aromatic rings. The van der Waals surface area contributed by atoms with Crippen molar-refractivity contribution in [3.8, 4) is 0 Å². The zero-order valence-corrected chi connectivity index (χ0v) is 33.2. The van der Waals surface area contributed by atoms with Crippen molar-refractivity contribution in [1.82, 2.24) is 4.90 Å². The predicted octanol–water partition coefficient (Wildman–Crippen LogP) is 9.92. The molecule has 3 fully saturated rings. The molecule has 1 N–H and O–H groups in total.